The minimum atomic E-state index is 0.513. The summed E-state index contributed by atoms with van der Waals surface area (Å²) in [6.45, 7) is 2.65. The molecule has 0 unspecified atom stereocenters. The number of thiazole rings is 1. The number of hydrogen-bond acceptors (Lipinski definition) is 3. The molecule has 1 fully saturated rings. The smallest absolute Gasteiger partial charge is 0.189 e. The van der Waals surface area contributed by atoms with Gasteiger partial charge in [-0.1, -0.05) is 25.7 Å². The van der Waals surface area contributed by atoms with E-state index in [2.05, 4.69) is 15.3 Å². The number of guanidine groups is 1. The van der Waals surface area contributed by atoms with E-state index in [1.165, 1.54) is 43.4 Å². The third kappa shape index (κ3) is 3.98. The lowest BCUT2D eigenvalue weighted by Crippen LogP contribution is -2.39. The topological polar surface area (TPSA) is 63.3 Å². The summed E-state index contributed by atoms with van der Waals surface area (Å²) in [6.07, 6.45) is 7.76. The van der Waals surface area contributed by atoms with Crippen LogP contribution in [0.4, 0.5) is 0 Å². The second-order valence-corrected chi connectivity index (χ2v) is 5.83. The molecule has 1 aromatic heterocycles. The molecule has 1 aromatic rings. The van der Waals surface area contributed by atoms with Crippen LogP contribution in [0.25, 0.3) is 0 Å². The first kappa shape index (κ1) is 13.3. The van der Waals surface area contributed by atoms with Gasteiger partial charge in [-0.2, -0.15) is 0 Å². The second kappa shape index (κ2) is 6.73. The van der Waals surface area contributed by atoms with Gasteiger partial charge in [0.05, 0.1) is 17.7 Å². The van der Waals surface area contributed by atoms with E-state index >= 15 is 0 Å². The Hall–Kier alpha value is -1.10. The predicted molar refractivity (Wildman–Crippen MR) is 76.8 cm³/mol. The molecule has 0 amide bonds. The fourth-order valence-electron chi connectivity index (χ4n) is 2.31. The van der Waals surface area contributed by atoms with E-state index < -0.39 is 0 Å². The second-order valence-electron chi connectivity index (χ2n) is 4.90. The van der Waals surface area contributed by atoms with Crippen molar-refractivity contribution in [3.63, 3.8) is 0 Å². The molecule has 1 heterocycles. The molecule has 0 atom stereocenters. The summed E-state index contributed by atoms with van der Waals surface area (Å²) in [7, 11) is 0. The van der Waals surface area contributed by atoms with Crippen LogP contribution in [0.1, 0.15) is 49.1 Å². The highest BCUT2D eigenvalue weighted by molar-refractivity contribution is 7.09. The summed E-state index contributed by atoms with van der Waals surface area (Å²) in [5, 5.41) is 3.35. The molecule has 5 heteroatoms. The van der Waals surface area contributed by atoms with Crippen LogP contribution in [-0.2, 0) is 6.54 Å². The number of nitrogens with two attached hydrogens (primary N) is 1. The van der Waals surface area contributed by atoms with E-state index in [9.17, 15) is 0 Å². The van der Waals surface area contributed by atoms with Crippen LogP contribution < -0.4 is 11.1 Å². The molecular weight excluding hydrogens is 244 g/mol. The van der Waals surface area contributed by atoms with Crippen molar-refractivity contribution in [2.75, 3.05) is 0 Å². The average Bonchev–Trinajstić information content (AvgIpc) is 2.61. The highest BCUT2D eigenvalue weighted by Gasteiger charge is 2.12. The van der Waals surface area contributed by atoms with Gasteiger partial charge in [-0.15, -0.1) is 11.3 Å². The van der Waals surface area contributed by atoms with Crippen molar-refractivity contribution in [3.8, 4) is 0 Å². The number of nitrogens with one attached hydrogen (secondary N) is 1. The Morgan fingerprint density at radius 2 is 2.17 bits per heavy atom. The first-order valence-corrected chi connectivity index (χ1v) is 7.59. The van der Waals surface area contributed by atoms with Crippen molar-refractivity contribution in [2.45, 2.75) is 58.0 Å². The standard InChI is InChI=1S/C13H22N4S/c1-10-12(18-9-16-10)8-15-13(14)17-11-6-4-2-3-5-7-11/h9,11H,2-8H2,1H3,(H3,14,15,17). The Labute approximate surface area is 113 Å². The lowest BCUT2D eigenvalue weighted by Gasteiger charge is -2.16. The molecule has 0 aromatic carbocycles. The van der Waals surface area contributed by atoms with Crippen molar-refractivity contribution < 1.29 is 0 Å². The molecule has 1 saturated carbocycles. The Morgan fingerprint density at radius 1 is 1.44 bits per heavy atom. The van der Waals surface area contributed by atoms with Crippen molar-refractivity contribution in [2.24, 2.45) is 10.7 Å². The van der Waals surface area contributed by atoms with Crippen molar-refractivity contribution in [1.82, 2.24) is 10.3 Å². The minimum Gasteiger partial charge on any atom is -0.370 e. The summed E-state index contributed by atoms with van der Waals surface area (Å²) in [4.78, 5) is 9.81. The van der Waals surface area contributed by atoms with Gasteiger partial charge in [-0.3, -0.25) is 0 Å². The van der Waals surface area contributed by atoms with Crippen LogP contribution in [0.5, 0.6) is 0 Å². The molecular formula is C13H22N4S. The van der Waals surface area contributed by atoms with E-state index in [-0.39, 0.29) is 0 Å². The van der Waals surface area contributed by atoms with Crippen molar-refractivity contribution >= 4 is 17.3 Å². The highest BCUT2D eigenvalue weighted by atomic mass is 32.1. The quantitative estimate of drug-likeness (QED) is 0.502. The number of nitrogens with zero attached hydrogens (tertiary/aromatic N) is 2. The van der Waals surface area contributed by atoms with Crippen molar-refractivity contribution in [1.29, 1.82) is 0 Å². The monoisotopic (exact) mass is 266 g/mol. The van der Waals surface area contributed by atoms with Gasteiger partial charge in [0.25, 0.3) is 0 Å². The Balaban J connectivity index is 1.83. The first-order valence-electron chi connectivity index (χ1n) is 6.71. The van der Waals surface area contributed by atoms with Gasteiger partial charge >= 0.3 is 0 Å². The molecule has 18 heavy (non-hydrogen) atoms. The van der Waals surface area contributed by atoms with Gasteiger partial charge in [0.1, 0.15) is 0 Å². The zero-order valence-corrected chi connectivity index (χ0v) is 11.8. The van der Waals surface area contributed by atoms with Crippen molar-refractivity contribution in [3.05, 3.63) is 16.1 Å². The third-order valence-electron chi connectivity index (χ3n) is 3.45. The third-order valence-corrected chi connectivity index (χ3v) is 4.36. The zero-order chi connectivity index (χ0) is 12.8. The number of aromatic nitrogens is 1. The van der Waals surface area contributed by atoms with Gasteiger partial charge in [0.15, 0.2) is 5.96 Å². The molecule has 100 valence electrons. The summed E-state index contributed by atoms with van der Waals surface area (Å²) >= 11 is 1.64. The SMILES string of the molecule is Cc1ncsc1CN=C(N)NC1CCCCCC1. The molecule has 0 spiro atoms. The molecule has 1 aliphatic carbocycles. The average molecular weight is 266 g/mol. The maximum absolute atomic E-state index is 5.95. The summed E-state index contributed by atoms with van der Waals surface area (Å²) in [5.41, 5.74) is 8.86. The Morgan fingerprint density at radius 3 is 2.78 bits per heavy atom. The van der Waals surface area contributed by atoms with E-state index in [0.717, 1.165) is 5.69 Å². The number of aliphatic imine (C=N–C) groups is 1. The predicted octanol–water partition coefficient (Wildman–Crippen LogP) is 2.58. The maximum Gasteiger partial charge on any atom is 0.189 e. The van der Waals surface area contributed by atoms with Gasteiger partial charge < -0.3 is 11.1 Å². The van der Waals surface area contributed by atoms with Crippen LogP contribution in [0.3, 0.4) is 0 Å². The summed E-state index contributed by atoms with van der Waals surface area (Å²) < 4.78 is 0. The molecule has 4 nitrogen and oxygen atoms in total. The van der Waals surface area contributed by atoms with Crippen LogP contribution in [0, 0.1) is 6.92 Å². The van der Waals surface area contributed by atoms with E-state index in [1.807, 2.05) is 12.4 Å². The zero-order valence-electron chi connectivity index (χ0n) is 11.0. The lowest BCUT2D eigenvalue weighted by molar-refractivity contribution is 0.530. The summed E-state index contributed by atoms with van der Waals surface area (Å²) in [6, 6.07) is 0.513. The minimum absolute atomic E-state index is 0.513. The maximum atomic E-state index is 5.95. The fourth-order valence-corrected chi connectivity index (χ4v) is 3.01. The highest BCUT2D eigenvalue weighted by Crippen LogP contribution is 2.17. The van der Waals surface area contributed by atoms with Crippen LogP contribution in [-0.4, -0.2) is 17.0 Å². The van der Waals surface area contributed by atoms with Crippen LogP contribution in [0.15, 0.2) is 10.5 Å². The molecule has 1 aliphatic rings. The molecule has 0 radical (unpaired) electrons. The van der Waals surface area contributed by atoms with Gasteiger partial charge in [-0.05, 0) is 19.8 Å². The Kier molecular flexibility index (Phi) is 4.99. The fraction of sp³-hybridized carbons (Fsp3) is 0.692. The van der Waals surface area contributed by atoms with Crippen LogP contribution >= 0.6 is 11.3 Å². The largest absolute Gasteiger partial charge is 0.370 e. The number of aryl methyl sites for hydroxylation is 1. The van der Waals surface area contributed by atoms with E-state index in [0.29, 0.717) is 18.5 Å². The normalized spacial score (nSPS) is 18.6. The molecule has 2 rings (SSSR count). The number of hydrogen-bond donors (Lipinski definition) is 2. The van der Waals surface area contributed by atoms with Crippen LogP contribution in [0.2, 0.25) is 0 Å². The number of rotatable bonds is 3. The van der Waals surface area contributed by atoms with Gasteiger partial charge in [0.2, 0.25) is 0 Å². The molecule has 0 aliphatic heterocycles. The first-order chi connectivity index (χ1) is 8.75. The Bertz CT molecular complexity index is 391. The lowest BCUT2D eigenvalue weighted by atomic mass is 10.1. The summed E-state index contributed by atoms with van der Waals surface area (Å²) in [5.74, 6) is 0.578. The van der Waals surface area contributed by atoms with Gasteiger partial charge in [-0.25, -0.2) is 9.98 Å². The molecule has 3 N–H and O–H groups in total. The van der Waals surface area contributed by atoms with E-state index in [1.54, 1.807) is 11.3 Å². The molecule has 0 saturated heterocycles. The van der Waals surface area contributed by atoms with Gasteiger partial charge in [0, 0.05) is 10.9 Å². The molecule has 0 bridgehead atoms. The van der Waals surface area contributed by atoms with E-state index in [4.69, 9.17) is 5.73 Å².